The molecule has 1 N–H and O–H groups in total. The van der Waals surface area contributed by atoms with Crippen LogP contribution in [0.25, 0.3) is 0 Å². The second-order valence-corrected chi connectivity index (χ2v) is 5.32. The predicted octanol–water partition coefficient (Wildman–Crippen LogP) is 1.12. The van der Waals surface area contributed by atoms with Crippen molar-refractivity contribution >= 4 is 11.8 Å². The number of carbonyl (C=O) groups excluding carboxylic acids is 1. The van der Waals surface area contributed by atoms with E-state index in [2.05, 4.69) is 15.3 Å². The van der Waals surface area contributed by atoms with Gasteiger partial charge in [0.2, 0.25) is 5.88 Å². The molecule has 1 aliphatic heterocycles. The van der Waals surface area contributed by atoms with E-state index >= 15 is 0 Å². The average Bonchev–Trinajstić information content (AvgIpc) is 2.93. The summed E-state index contributed by atoms with van der Waals surface area (Å²) >= 11 is 0. The first kappa shape index (κ1) is 15.3. The molecule has 2 rings (SSSR count). The van der Waals surface area contributed by atoms with E-state index < -0.39 is 0 Å². The lowest BCUT2D eigenvalue weighted by Crippen LogP contribution is -2.39. The van der Waals surface area contributed by atoms with Crippen LogP contribution in [0, 0.1) is 0 Å². The molecule has 1 saturated heterocycles. The molecule has 0 aromatic carbocycles. The van der Waals surface area contributed by atoms with Crippen molar-refractivity contribution in [3.05, 3.63) is 12.4 Å². The van der Waals surface area contributed by atoms with Gasteiger partial charge in [0.1, 0.15) is 6.10 Å². The van der Waals surface area contributed by atoms with Gasteiger partial charge in [0, 0.05) is 33.6 Å². The van der Waals surface area contributed by atoms with Crippen molar-refractivity contribution in [2.75, 3.05) is 38.6 Å². The third kappa shape index (κ3) is 4.21. The van der Waals surface area contributed by atoms with Crippen LogP contribution in [0.4, 0.5) is 10.6 Å². The molecule has 21 heavy (non-hydrogen) atoms. The van der Waals surface area contributed by atoms with Crippen LogP contribution in [0.15, 0.2) is 12.4 Å². The maximum Gasteiger partial charge on any atom is 0.317 e. The Balaban J connectivity index is 1.87. The van der Waals surface area contributed by atoms with Gasteiger partial charge in [-0.2, -0.15) is 4.98 Å². The molecule has 2 heterocycles. The van der Waals surface area contributed by atoms with Gasteiger partial charge in [-0.25, -0.2) is 4.79 Å². The molecule has 0 aliphatic carbocycles. The Morgan fingerprint density at radius 2 is 2.33 bits per heavy atom. The summed E-state index contributed by atoms with van der Waals surface area (Å²) in [5, 5.41) is 2.88. The van der Waals surface area contributed by atoms with E-state index in [4.69, 9.17) is 4.74 Å². The average molecular weight is 293 g/mol. The van der Waals surface area contributed by atoms with Crippen LogP contribution in [0.3, 0.4) is 0 Å². The van der Waals surface area contributed by atoms with E-state index in [1.807, 2.05) is 25.9 Å². The zero-order valence-electron chi connectivity index (χ0n) is 12.9. The molecule has 1 aromatic heterocycles. The maximum absolute atomic E-state index is 11.9. The molecular weight excluding hydrogens is 270 g/mol. The van der Waals surface area contributed by atoms with Crippen molar-refractivity contribution < 1.29 is 9.53 Å². The van der Waals surface area contributed by atoms with Crippen molar-refractivity contribution in [3.8, 4) is 5.88 Å². The Hall–Kier alpha value is -2.05. The van der Waals surface area contributed by atoms with E-state index in [0.29, 0.717) is 25.5 Å². The Bertz CT molecular complexity index is 480. The number of carbonyl (C=O) groups is 1. The highest BCUT2D eigenvalue weighted by molar-refractivity contribution is 5.74. The van der Waals surface area contributed by atoms with Crippen LogP contribution in [0.5, 0.6) is 5.88 Å². The highest BCUT2D eigenvalue weighted by Crippen LogP contribution is 2.18. The number of amides is 2. The second-order valence-electron chi connectivity index (χ2n) is 5.32. The highest BCUT2D eigenvalue weighted by atomic mass is 16.5. The molecule has 1 unspecified atom stereocenters. The van der Waals surface area contributed by atoms with Crippen LogP contribution < -0.4 is 15.0 Å². The number of hydrogen-bond acceptors (Lipinski definition) is 5. The number of nitrogens with one attached hydrogen (secondary N) is 1. The minimum Gasteiger partial charge on any atom is -0.471 e. The standard InChI is InChI=1S/C14H23N5O2/c1-4-6-16-14(20)19-7-5-11(10-19)21-13-9-15-8-12(17-13)18(2)3/h8-9,11H,4-7,10H2,1-3H3,(H,16,20). The van der Waals surface area contributed by atoms with Gasteiger partial charge >= 0.3 is 6.03 Å². The zero-order valence-corrected chi connectivity index (χ0v) is 12.9. The minimum atomic E-state index is -0.0240. The number of anilines is 1. The first-order valence-corrected chi connectivity index (χ1v) is 7.29. The summed E-state index contributed by atoms with van der Waals surface area (Å²) in [5.74, 6) is 1.25. The molecule has 1 aliphatic rings. The fraction of sp³-hybridized carbons (Fsp3) is 0.643. The molecule has 0 spiro atoms. The topological polar surface area (TPSA) is 70.6 Å². The molecule has 1 atom stereocenters. The van der Waals surface area contributed by atoms with Crippen molar-refractivity contribution in [3.63, 3.8) is 0 Å². The zero-order chi connectivity index (χ0) is 15.2. The number of urea groups is 1. The maximum atomic E-state index is 11.9. The van der Waals surface area contributed by atoms with Gasteiger partial charge < -0.3 is 19.9 Å². The normalized spacial score (nSPS) is 17.7. The van der Waals surface area contributed by atoms with E-state index in [0.717, 1.165) is 18.7 Å². The number of likely N-dealkylation sites (tertiary alicyclic amines) is 1. The molecule has 1 aromatic rings. The fourth-order valence-electron chi connectivity index (χ4n) is 2.13. The largest absolute Gasteiger partial charge is 0.471 e. The summed E-state index contributed by atoms with van der Waals surface area (Å²) in [6.45, 7) is 4.04. The van der Waals surface area contributed by atoms with Crippen molar-refractivity contribution in [2.24, 2.45) is 0 Å². The van der Waals surface area contributed by atoms with E-state index in [9.17, 15) is 4.79 Å². The first-order chi connectivity index (χ1) is 10.1. The molecule has 2 amide bonds. The van der Waals surface area contributed by atoms with E-state index in [-0.39, 0.29) is 12.1 Å². The summed E-state index contributed by atoms with van der Waals surface area (Å²) in [4.78, 5) is 24.0. The number of hydrogen-bond donors (Lipinski definition) is 1. The minimum absolute atomic E-state index is 0.0175. The van der Waals surface area contributed by atoms with Gasteiger partial charge in [0.15, 0.2) is 5.82 Å². The highest BCUT2D eigenvalue weighted by Gasteiger charge is 2.27. The van der Waals surface area contributed by atoms with Gasteiger partial charge in [-0.15, -0.1) is 0 Å². The smallest absolute Gasteiger partial charge is 0.317 e. The van der Waals surface area contributed by atoms with E-state index in [1.165, 1.54) is 0 Å². The molecule has 7 nitrogen and oxygen atoms in total. The van der Waals surface area contributed by atoms with Crippen LogP contribution in [0.2, 0.25) is 0 Å². The SMILES string of the molecule is CCCNC(=O)N1CCC(Oc2cncc(N(C)C)n2)C1. The third-order valence-electron chi connectivity index (χ3n) is 3.30. The number of rotatable bonds is 5. The molecule has 7 heteroatoms. The first-order valence-electron chi connectivity index (χ1n) is 7.29. The number of nitrogens with zero attached hydrogens (tertiary/aromatic N) is 4. The third-order valence-corrected chi connectivity index (χ3v) is 3.30. The molecule has 1 fully saturated rings. The number of ether oxygens (including phenoxy) is 1. The molecular formula is C14H23N5O2. The number of aromatic nitrogens is 2. The van der Waals surface area contributed by atoms with E-state index in [1.54, 1.807) is 17.3 Å². The summed E-state index contributed by atoms with van der Waals surface area (Å²) in [6, 6.07) is -0.0175. The van der Waals surface area contributed by atoms with Gasteiger partial charge in [-0.1, -0.05) is 6.92 Å². The molecule has 116 valence electrons. The fourth-order valence-corrected chi connectivity index (χ4v) is 2.13. The summed E-state index contributed by atoms with van der Waals surface area (Å²) in [5.41, 5.74) is 0. The Kier molecular flexibility index (Phi) is 5.19. The van der Waals surface area contributed by atoms with Crippen LogP contribution >= 0.6 is 0 Å². The predicted molar refractivity (Wildman–Crippen MR) is 80.7 cm³/mol. The molecule has 0 bridgehead atoms. The Morgan fingerprint density at radius 3 is 3.05 bits per heavy atom. The van der Waals surface area contributed by atoms with Gasteiger partial charge in [0.05, 0.1) is 18.9 Å². The Morgan fingerprint density at radius 1 is 1.52 bits per heavy atom. The van der Waals surface area contributed by atoms with Crippen LogP contribution in [0.1, 0.15) is 19.8 Å². The van der Waals surface area contributed by atoms with Crippen molar-refractivity contribution in [2.45, 2.75) is 25.9 Å². The van der Waals surface area contributed by atoms with Crippen molar-refractivity contribution in [1.29, 1.82) is 0 Å². The molecule has 0 radical (unpaired) electrons. The lowest BCUT2D eigenvalue weighted by Gasteiger charge is -2.18. The van der Waals surface area contributed by atoms with Gasteiger partial charge in [-0.05, 0) is 6.42 Å². The van der Waals surface area contributed by atoms with Crippen LogP contribution in [-0.4, -0.2) is 60.7 Å². The van der Waals surface area contributed by atoms with Gasteiger partial charge in [0.25, 0.3) is 0 Å². The monoisotopic (exact) mass is 293 g/mol. The lowest BCUT2D eigenvalue weighted by atomic mass is 10.3. The van der Waals surface area contributed by atoms with Crippen LogP contribution in [-0.2, 0) is 0 Å². The lowest BCUT2D eigenvalue weighted by molar-refractivity contribution is 0.183. The van der Waals surface area contributed by atoms with Gasteiger partial charge in [-0.3, -0.25) is 4.98 Å². The summed E-state index contributed by atoms with van der Waals surface area (Å²) < 4.78 is 5.83. The summed E-state index contributed by atoms with van der Waals surface area (Å²) in [6.07, 6.45) is 5.02. The quantitative estimate of drug-likeness (QED) is 0.881. The molecule has 0 saturated carbocycles. The summed E-state index contributed by atoms with van der Waals surface area (Å²) in [7, 11) is 3.81. The second kappa shape index (κ2) is 7.10. The van der Waals surface area contributed by atoms with Crippen molar-refractivity contribution in [1.82, 2.24) is 20.2 Å². The Labute approximate surface area is 125 Å².